The zero-order chi connectivity index (χ0) is 20.4. The number of methoxy groups -OCH3 is 1. The molecular formula is C21H24N4O3. The number of nitrogens with zero attached hydrogens (tertiary/aromatic N) is 3. The largest absolute Gasteiger partial charge is 0.496 e. The molecule has 0 saturated carbocycles. The standard InChI is InChI=1S/C21H24N4O3/c1-13-11-17-19(21(26)25(13)10-9-24(2)3)18(15(12-22)20(23)28-17)14-7-5-6-8-16(14)27-4/h5-8,11,18H,9-10,23H2,1-4H3/t18-/m1/s1. The van der Waals surface area contributed by atoms with Gasteiger partial charge in [-0.1, -0.05) is 18.2 Å². The van der Waals surface area contributed by atoms with Crippen LogP contribution in [-0.4, -0.2) is 37.2 Å². The van der Waals surface area contributed by atoms with E-state index in [0.717, 1.165) is 5.69 Å². The molecule has 2 aromatic rings. The predicted molar refractivity (Wildman–Crippen MR) is 106 cm³/mol. The monoisotopic (exact) mass is 380 g/mol. The average molecular weight is 380 g/mol. The van der Waals surface area contributed by atoms with Crippen molar-refractivity contribution in [3.05, 3.63) is 69.0 Å². The Morgan fingerprint density at radius 3 is 2.71 bits per heavy atom. The number of nitrogens with two attached hydrogens (primary N) is 1. The van der Waals surface area contributed by atoms with E-state index >= 15 is 0 Å². The number of hydrogen-bond acceptors (Lipinski definition) is 6. The highest BCUT2D eigenvalue weighted by molar-refractivity contribution is 5.58. The second kappa shape index (κ2) is 7.79. The van der Waals surface area contributed by atoms with Crippen LogP contribution >= 0.6 is 0 Å². The Bertz CT molecular complexity index is 1030. The van der Waals surface area contributed by atoms with Crippen LogP contribution in [0.1, 0.15) is 22.7 Å². The average Bonchev–Trinajstić information content (AvgIpc) is 2.66. The Hall–Kier alpha value is -3.24. The zero-order valence-electron chi connectivity index (χ0n) is 16.5. The lowest BCUT2D eigenvalue weighted by molar-refractivity contribution is 0.367. The molecule has 0 fully saturated rings. The van der Waals surface area contributed by atoms with E-state index in [4.69, 9.17) is 15.2 Å². The van der Waals surface area contributed by atoms with Crippen molar-refractivity contribution in [2.24, 2.45) is 5.73 Å². The maximum absolute atomic E-state index is 13.4. The number of benzene rings is 1. The highest BCUT2D eigenvalue weighted by atomic mass is 16.5. The number of hydrogen-bond donors (Lipinski definition) is 1. The van der Waals surface area contributed by atoms with Crippen LogP contribution in [0.5, 0.6) is 11.5 Å². The lowest BCUT2D eigenvalue weighted by Crippen LogP contribution is -2.34. The van der Waals surface area contributed by atoms with Gasteiger partial charge in [0.2, 0.25) is 5.88 Å². The number of para-hydroxylation sites is 1. The van der Waals surface area contributed by atoms with Gasteiger partial charge in [0.05, 0.1) is 18.6 Å². The quantitative estimate of drug-likeness (QED) is 0.852. The minimum absolute atomic E-state index is 0.00995. The SMILES string of the molecule is COc1ccccc1[C@@H]1C(C#N)=C(N)Oc2cc(C)n(CCN(C)C)c(=O)c21. The van der Waals surface area contributed by atoms with Crippen molar-refractivity contribution in [1.29, 1.82) is 5.26 Å². The zero-order valence-corrected chi connectivity index (χ0v) is 16.5. The number of aryl methyl sites for hydroxylation is 1. The minimum atomic E-state index is -0.649. The van der Waals surface area contributed by atoms with Crippen LogP contribution in [0.3, 0.4) is 0 Å². The van der Waals surface area contributed by atoms with Gasteiger partial charge in [0.25, 0.3) is 5.56 Å². The van der Waals surface area contributed by atoms with Crippen molar-refractivity contribution in [3.8, 4) is 17.6 Å². The van der Waals surface area contributed by atoms with E-state index in [-0.39, 0.29) is 17.0 Å². The number of allylic oxidation sites excluding steroid dienone is 1. The summed E-state index contributed by atoms with van der Waals surface area (Å²) < 4.78 is 12.9. The molecule has 7 heteroatoms. The molecule has 0 saturated heterocycles. The van der Waals surface area contributed by atoms with E-state index in [2.05, 4.69) is 6.07 Å². The van der Waals surface area contributed by atoms with Crippen molar-refractivity contribution < 1.29 is 9.47 Å². The van der Waals surface area contributed by atoms with Gasteiger partial charge in [0.1, 0.15) is 23.1 Å². The molecule has 2 N–H and O–H groups in total. The van der Waals surface area contributed by atoms with Crippen molar-refractivity contribution in [3.63, 3.8) is 0 Å². The molecule has 0 aliphatic carbocycles. The van der Waals surface area contributed by atoms with Crippen molar-refractivity contribution in [1.82, 2.24) is 9.47 Å². The smallest absolute Gasteiger partial charge is 0.258 e. The van der Waals surface area contributed by atoms with E-state index in [1.165, 1.54) is 0 Å². The molecular weight excluding hydrogens is 356 g/mol. The molecule has 0 bridgehead atoms. The lowest BCUT2D eigenvalue weighted by atomic mass is 9.83. The number of likely N-dealkylation sites (N-methyl/N-ethyl adjacent to an activating group) is 1. The molecule has 0 unspecified atom stereocenters. The second-order valence-corrected chi connectivity index (χ2v) is 6.99. The summed E-state index contributed by atoms with van der Waals surface area (Å²) in [6, 6.07) is 11.2. The summed E-state index contributed by atoms with van der Waals surface area (Å²) in [6.45, 7) is 3.10. The Morgan fingerprint density at radius 2 is 2.07 bits per heavy atom. The summed E-state index contributed by atoms with van der Waals surface area (Å²) in [5.41, 5.74) is 7.94. The molecule has 2 heterocycles. The summed E-state index contributed by atoms with van der Waals surface area (Å²) in [4.78, 5) is 15.5. The van der Waals surface area contributed by atoms with Gasteiger partial charge in [-0.25, -0.2) is 0 Å². The van der Waals surface area contributed by atoms with Crippen LogP contribution in [0.25, 0.3) is 0 Å². The van der Waals surface area contributed by atoms with E-state index < -0.39 is 5.92 Å². The van der Waals surface area contributed by atoms with Gasteiger partial charge in [0, 0.05) is 30.4 Å². The highest BCUT2D eigenvalue weighted by Crippen LogP contribution is 2.43. The number of rotatable bonds is 5. The fraction of sp³-hybridized carbons (Fsp3) is 0.333. The molecule has 7 nitrogen and oxygen atoms in total. The van der Waals surface area contributed by atoms with Gasteiger partial charge < -0.3 is 24.7 Å². The molecule has 146 valence electrons. The van der Waals surface area contributed by atoms with E-state index in [9.17, 15) is 10.1 Å². The van der Waals surface area contributed by atoms with E-state index in [0.29, 0.717) is 35.7 Å². The van der Waals surface area contributed by atoms with E-state index in [1.807, 2.05) is 44.1 Å². The van der Waals surface area contributed by atoms with Crippen LogP contribution in [-0.2, 0) is 6.54 Å². The van der Waals surface area contributed by atoms with E-state index in [1.54, 1.807) is 23.8 Å². The van der Waals surface area contributed by atoms with Gasteiger partial charge in [-0.15, -0.1) is 0 Å². The molecule has 1 aromatic heterocycles. The summed E-state index contributed by atoms with van der Waals surface area (Å²) in [5, 5.41) is 9.75. The number of nitriles is 1. The number of pyridine rings is 1. The summed E-state index contributed by atoms with van der Waals surface area (Å²) >= 11 is 0. The molecule has 3 rings (SSSR count). The normalized spacial score (nSPS) is 15.8. The van der Waals surface area contributed by atoms with Crippen LogP contribution in [0.4, 0.5) is 0 Å². The Labute approximate surface area is 164 Å². The predicted octanol–water partition coefficient (Wildman–Crippen LogP) is 1.95. The molecule has 1 aliphatic heterocycles. The third-order valence-electron chi connectivity index (χ3n) is 4.91. The first-order chi connectivity index (χ1) is 13.4. The molecule has 0 amide bonds. The maximum Gasteiger partial charge on any atom is 0.258 e. The summed E-state index contributed by atoms with van der Waals surface area (Å²) in [7, 11) is 5.47. The molecule has 28 heavy (non-hydrogen) atoms. The summed E-state index contributed by atoms with van der Waals surface area (Å²) in [5.74, 6) is 0.330. The van der Waals surface area contributed by atoms with Crippen LogP contribution in [0, 0.1) is 18.3 Å². The first-order valence-electron chi connectivity index (χ1n) is 8.98. The molecule has 0 spiro atoms. The first-order valence-corrected chi connectivity index (χ1v) is 8.98. The van der Waals surface area contributed by atoms with Gasteiger partial charge in [-0.05, 0) is 27.1 Å². The first kappa shape index (κ1) is 19.5. The van der Waals surface area contributed by atoms with Crippen LogP contribution < -0.4 is 20.8 Å². The van der Waals surface area contributed by atoms with Crippen molar-refractivity contribution in [2.75, 3.05) is 27.7 Å². The van der Waals surface area contributed by atoms with Gasteiger partial charge in [-0.2, -0.15) is 5.26 Å². The Balaban J connectivity index is 2.27. The fourth-order valence-corrected chi connectivity index (χ4v) is 3.48. The molecule has 1 aliphatic rings. The highest BCUT2D eigenvalue weighted by Gasteiger charge is 2.35. The number of ether oxygens (including phenoxy) is 2. The van der Waals surface area contributed by atoms with Gasteiger partial charge in [0.15, 0.2) is 0 Å². The maximum atomic E-state index is 13.4. The Morgan fingerprint density at radius 1 is 1.36 bits per heavy atom. The Kier molecular flexibility index (Phi) is 5.43. The number of aromatic nitrogens is 1. The fourth-order valence-electron chi connectivity index (χ4n) is 3.48. The third-order valence-corrected chi connectivity index (χ3v) is 4.91. The number of fused-ring (bicyclic) bond motifs is 1. The van der Waals surface area contributed by atoms with Gasteiger partial charge in [-0.3, -0.25) is 4.79 Å². The molecule has 0 radical (unpaired) electrons. The second-order valence-electron chi connectivity index (χ2n) is 6.99. The van der Waals surface area contributed by atoms with Crippen LogP contribution in [0.15, 0.2) is 46.6 Å². The lowest BCUT2D eigenvalue weighted by Gasteiger charge is -2.28. The van der Waals surface area contributed by atoms with Crippen molar-refractivity contribution >= 4 is 0 Å². The topological polar surface area (TPSA) is 93.5 Å². The minimum Gasteiger partial charge on any atom is -0.496 e. The third kappa shape index (κ3) is 3.35. The molecule has 1 atom stereocenters. The van der Waals surface area contributed by atoms with Crippen LogP contribution in [0.2, 0.25) is 0 Å². The van der Waals surface area contributed by atoms with Crippen molar-refractivity contribution in [2.45, 2.75) is 19.4 Å². The molecule has 1 aromatic carbocycles. The summed E-state index contributed by atoms with van der Waals surface area (Å²) in [6.07, 6.45) is 0. The van der Waals surface area contributed by atoms with Gasteiger partial charge >= 0.3 is 0 Å².